The normalized spacial score (nSPS) is 16.5. The number of pyridine rings is 2. The van der Waals surface area contributed by atoms with Crippen LogP contribution in [0.1, 0.15) is 52.9 Å². The first-order valence-electron chi connectivity index (χ1n) is 10.8. The first-order valence-corrected chi connectivity index (χ1v) is 10.8. The number of rotatable bonds is 4. The van der Waals surface area contributed by atoms with Crippen LogP contribution in [0, 0.1) is 6.92 Å². The summed E-state index contributed by atoms with van der Waals surface area (Å²) in [5.41, 5.74) is 6.86. The van der Waals surface area contributed by atoms with Crippen molar-refractivity contribution >= 4 is 22.6 Å². The van der Waals surface area contributed by atoms with E-state index in [0.717, 1.165) is 11.6 Å². The van der Waals surface area contributed by atoms with Crippen molar-refractivity contribution in [3.63, 3.8) is 0 Å². The van der Waals surface area contributed by atoms with E-state index in [1.165, 1.54) is 11.0 Å². The van der Waals surface area contributed by atoms with Gasteiger partial charge in [-0.1, -0.05) is 0 Å². The summed E-state index contributed by atoms with van der Waals surface area (Å²) in [6, 6.07) is 8.31. The minimum atomic E-state index is -4.53. The van der Waals surface area contributed by atoms with E-state index in [4.69, 9.17) is 5.73 Å². The predicted molar refractivity (Wildman–Crippen MR) is 117 cm³/mol. The van der Waals surface area contributed by atoms with Crippen molar-refractivity contribution in [3.05, 3.63) is 65.0 Å². The molecule has 0 unspecified atom stereocenters. The van der Waals surface area contributed by atoms with Crippen molar-refractivity contribution < 1.29 is 26.7 Å². The Bertz CT molecular complexity index is 1200. The number of carbonyl (C=O) groups excluding carboxylic acids is 1. The van der Waals surface area contributed by atoms with Gasteiger partial charge in [-0.05, 0) is 61.7 Å². The van der Waals surface area contributed by atoms with E-state index >= 15 is 0 Å². The maximum Gasteiger partial charge on any atom is 0.417 e. The van der Waals surface area contributed by atoms with Crippen LogP contribution in [-0.2, 0) is 12.7 Å². The van der Waals surface area contributed by atoms with Crippen LogP contribution in [0.15, 0.2) is 42.6 Å². The molecular formula is C24H23F5N4O. The van der Waals surface area contributed by atoms with Crippen LogP contribution in [0.4, 0.5) is 27.8 Å². The van der Waals surface area contributed by atoms with Crippen LogP contribution in [0.25, 0.3) is 10.9 Å². The van der Waals surface area contributed by atoms with E-state index in [1.54, 1.807) is 31.2 Å². The largest absolute Gasteiger partial charge is 0.417 e. The summed E-state index contributed by atoms with van der Waals surface area (Å²) >= 11 is 0. The molecule has 5 nitrogen and oxygen atoms in total. The van der Waals surface area contributed by atoms with Gasteiger partial charge in [-0.25, -0.2) is 13.8 Å². The SMILES string of the molecule is Cc1cc2cc(C(=O)N(Cc3ccc(C(F)(F)F)cn3)C3CCC(F)(F)CC3)ccc2nc1N. The molecule has 10 heteroatoms. The summed E-state index contributed by atoms with van der Waals surface area (Å²) in [5, 5.41) is 0.695. The van der Waals surface area contributed by atoms with Gasteiger partial charge in [0.1, 0.15) is 5.82 Å². The molecule has 1 saturated carbocycles. The molecule has 1 aliphatic rings. The summed E-state index contributed by atoms with van der Waals surface area (Å²) < 4.78 is 66.2. The third-order valence-electron chi connectivity index (χ3n) is 6.16. The highest BCUT2D eigenvalue weighted by atomic mass is 19.4. The van der Waals surface area contributed by atoms with Gasteiger partial charge in [0, 0.05) is 36.0 Å². The Hall–Kier alpha value is -3.30. The Morgan fingerprint density at radius 1 is 1.15 bits per heavy atom. The second-order valence-electron chi connectivity index (χ2n) is 8.65. The lowest BCUT2D eigenvalue weighted by Crippen LogP contribution is -2.44. The molecule has 4 rings (SSSR count). The van der Waals surface area contributed by atoms with Crippen LogP contribution < -0.4 is 5.73 Å². The van der Waals surface area contributed by atoms with E-state index in [1.807, 2.05) is 0 Å². The van der Waals surface area contributed by atoms with Gasteiger partial charge in [-0.2, -0.15) is 13.2 Å². The third kappa shape index (κ3) is 5.10. The molecule has 180 valence electrons. The maximum absolute atomic E-state index is 13.8. The number of nitrogen functional groups attached to an aromatic ring is 1. The molecule has 34 heavy (non-hydrogen) atoms. The van der Waals surface area contributed by atoms with Crippen LogP contribution in [-0.4, -0.2) is 32.7 Å². The number of halogens is 5. The van der Waals surface area contributed by atoms with Gasteiger partial charge in [-0.3, -0.25) is 9.78 Å². The van der Waals surface area contributed by atoms with E-state index in [2.05, 4.69) is 9.97 Å². The van der Waals surface area contributed by atoms with E-state index < -0.39 is 29.6 Å². The Morgan fingerprint density at radius 3 is 2.47 bits per heavy atom. The van der Waals surface area contributed by atoms with Crippen molar-refractivity contribution in [2.75, 3.05) is 5.73 Å². The molecule has 0 saturated heterocycles. The smallest absolute Gasteiger partial charge is 0.383 e. The number of fused-ring (bicyclic) bond motifs is 1. The quantitative estimate of drug-likeness (QED) is 0.484. The Labute approximate surface area is 192 Å². The lowest BCUT2D eigenvalue weighted by molar-refractivity contribution is -0.137. The molecule has 1 aliphatic carbocycles. The lowest BCUT2D eigenvalue weighted by Gasteiger charge is -2.37. The summed E-state index contributed by atoms with van der Waals surface area (Å²) in [5.74, 6) is -2.82. The highest BCUT2D eigenvalue weighted by Gasteiger charge is 2.38. The fourth-order valence-corrected chi connectivity index (χ4v) is 4.16. The Balaban J connectivity index is 1.65. The van der Waals surface area contributed by atoms with Gasteiger partial charge in [0.25, 0.3) is 5.91 Å². The molecule has 1 aromatic carbocycles. The molecule has 0 aliphatic heterocycles. The van der Waals surface area contributed by atoms with Crippen LogP contribution >= 0.6 is 0 Å². The number of hydrogen-bond acceptors (Lipinski definition) is 4. The van der Waals surface area contributed by atoms with Crippen molar-refractivity contribution in [3.8, 4) is 0 Å². The number of carbonyl (C=O) groups is 1. The van der Waals surface area contributed by atoms with Crippen molar-refractivity contribution in [1.29, 1.82) is 0 Å². The molecule has 0 atom stereocenters. The third-order valence-corrected chi connectivity index (χ3v) is 6.16. The van der Waals surface area contributed by atoms with Gasteiger partial charge in [0.05, 0.1) is 23.3 Å². The zero-order valence-corrected chi connectivity index (χ0v) is 18.4. The highest BCUT2D eigenvalue weighted by Crippen LogP contribution is 2.36. The van der Waals surface area contributed by atoms with Gasteiger partial charge in [-0.15, -0.1) is 0 Å². The number of alkyl halides is 5. The second-order valence-corrected chi connectivity index (χ2v) is 8.65. The first-order chi connectivity index (χ1) is 15.9. The van der Waals surface area contributed by atoms with Crippen molar-refractivity contribution in [2.24, 2.45) is 0 Å². The van der Waals surface area contributed by atoms with Crippen LogP contribution in [0.2, 0.25) is 0 Å². The molecule has 0 bridgehead atoms. The van der Waals surface area contributed by atoms with Crippen LogP contribution in [0.5, 0.6) is 0 Å². The monoisotopic (exact) mass is 478 g/mol. The zero-order chi connectivity index (χ0) is 24.7. The average molecular weight is 478 g/mol. The van der Waals surface area contributed by atoms with Crippen molar-refractivity contribution in [2.45, 2.75) is 57.3 Å². The summed E-state index contributed by atoms with van der Waals surface area (Å²) in [6.07, 6.45) is -4.36. The average Bonchev–Trinajstić information content (AvgIpc) is 2.77. The standard InChI is InChI=1S/C24H23F5N4O/c1-14-10-16-11-15(2-5-20(16)32-21(14)30)22(34)33(19-6-8-23(25,26)9-7-19)13-18-4-3-17(12-31-18)24(27,28)29/h2-5,10-12,19H,6-9,13H2,1H3,(H2,30,32). The highest BCUT2D eigenvalue weighted by molar-refractivity contribution is 5.98. The number of aryl methyl sites for hydroxylation is 1. The topological polar surface area (TPSA) is 72.1 Å². The summed E-state index contributed by atoms with van der Waals surface area (Å²) in [4.78, 5) is 23.1. The molecule has 2 heterocycles. The predicted octanol–water partition coefficient (Wildman–Crippen LogP) is 5.76. The summed E-state index contributed by atoms with van der Waals surface area (Å²) in [6.45, 7) is 1.70. The molecule has 2 aromatic heterocycles. The van der Waals surface area contributed by atoms with Gasteiger partial charge >= 0.3 is 6.18 Å². The molecular weight excluding hydrogens is 455 g/mol. The fourth-order valence-electron chi connectivity index (χ4n) is 4.16. The summed E-state index contributed by atoms with van der Waals surface area (Å²) in [7, 11) is 0. The number of amides is 1. The molecule has 2 N–H and O–H groups in total. The molecule has 0 spiro atoms. The van der Waals surface area contributed by atoms with Gasteiger partial charge in [0.15, 0.2) is 0 Å². The van der Waals surface area contributed by atoms with E-state index in [9.17, 15) is 26.7 Å². The number of aromatic nitrogens is 2. The second kappa shape index (κ2) is 8.81. The molecule has 1 fully saturated rings. The molecule has 1 amide bonds. The Kier molecular flexibility index (Phi) is 6.18. The fraction of sp³-hybridized carbons (Fsp3) is 0.375. The number of nitrogens with two attached hydrogens (primary N) is 1. The maximum atomic E-state index is 13.8. The van der Waals surface area contributed by atoms with Gasteiger partial charge in [0.2, 0.25) is 5.92 Å². The van der Waals surface area contributed by atoms with Crippen molar-refractivity contribution in [1.82, 2.24) is 14.9 Å². The number of hydrogen-bond donors (Lipinski definition) is 1. The first kappa shape index (κ1) is 23.8. The lowest BCUT2D eigenvalue weighted by atomic mass is 9.90. The Morgan fingerprint density at radius 2 is 1.85 bits per heavy atom. The zero-order valence-electron chi connectivity index (χ0n) is 18.4. The molecule has 0 radical (unpaired) electrons. The van der Waals surface area contributed by atoms with Crippen LogP contribution in [0.3, 0.4) is 0 Å². The van der Waals surface area contributed by atoms with E-state index in [0.29, 0.717) is 28.5 Å². The number of nitrogens with zero attached hydrogens (tertiary/aromatic N) is 3. The molecule has 3 aromatic rings. The van der Waals surface area contributed by atoms with E-state index in [-0.39, 0.29) is 37.9 Å². The number of anilines is 1. The number of benzene rings is 1. The minimum Gasteiger partial charge on any atom is -0.383 e. The van der Waals surface area contributed by atoms with Gasteiger partial charge < -0.3 is 10.6 Å². The minimum absolute atomic E-state index is 0.0875.